The second-order valence-electron chi connectivity index (χ2n) is 4.36. The van der Waals surface area contributed by atoms with E-state index in [1.807, 2.05) is 0 Å². The lowest BCUT2D eigenvalue weighted by Gasteiger charge is -2.32. The van der Waals surface area contributed by atoms with Gasteiger partial charge < -0.3 is 20.3 Å². The van der Waals surface area contributed by atoms with Gasteiger partial charge in [0.1, 0.15) is 4.99 Å². The number of thiocarbonyl (C=S) groups is 1. The Morgan fingerprint density at radius 1 is 1.44 bits per heavy atom. The first-order valence-electron chi connectivity index (χ1n) is 5.83. The van der Waals surface area contributed by atoms with Gasteiger partial charge in [0.05, 0.1) is 17.2 Å². The lowest BCUT2D eigenvalue weighted by atomic mass is 10.3. The van der Waals surface area contributed by atoms with Crippen LogP contribution in [0, 0.1) is 0 Å². The molecule has 0 radical (unpaired) electrons. The van der Waals surface area contributed by atoms with Crippen LogP contribution in [-0.4, -0.2) is 55.2 Å². The van der Waals surface area contributed by atoms with Crippen molar-refractivity contribution in [2.24, 2.45) is 5.73 Å². The maximum atomic E-state index is 5.73. The normalized spacial score (nSPS) is 17.1. The molecule has 0 bridgehead atoms. The van der Waals surface area contributed by atoms with Crippen LogP contribution in [0.1, 0.15) is 10.6 Å². The largest absolute Gasteiger partial charge is 0.389 e. The van der Waals surface area contributed by atoms with Gasteiger partial charge in [0.2, 0.25) is 0 Å². The van der Waals surface area contributed by atoms with E-state index in [4.69, 9.17) is 22.7 Å². The van der Waals surface area contributed by atoms with E-state index in [0.29, 0.717) is 11.6 Å². The van der Waals surface area contributed by atoms with Crippen molar-refractivity contribution in [3.8, 4) is 0 Å². The van der Waals surface area contributed by atoms with E-state index in [2.05, 4.69) is 21.8 Å². The second-order valence-corrected chi connectivity index (χ2v) is 5.78. The molecular weight excluding hydrogens is 268 g/mol. The van der Waals surface area contributed by atoms with Crippen LogP contribution in [0.15, 0.2) is 0 Å². The van der Waals surface area contributed by atoms with E-state index in [-0.39, 0.29) is 0 Å². The van der Waals surface area contributed by atoms with Gasteiger partial charge in [0.25, 0.3) is 0 Å². The molecule has 0 aliphatic carbocycles. The summed E-state index contributed by atoms with van der Waals surface area (Å²) < 4.78 is 5.14. The second kappa shape index (κ2) is 5.92. The molecule has 1 aliphatic rings. The fourth-order valence-electron chi connectivity index (χ4n) is 1.90. The summed E-state index contributed by atoms with van der Waals surface area (Å²) in [6.07, 6.45) is 0. The third-order valence-corrected chi connectivity index (χ3v) is 4.49. The van der Waals surface area contributed by atoms with Crippen LogP contribution >= 0.6 is 23.6 Å². The Kier molecular flexibility index (Phi) is 4.50. The van der Waals surface area contributed by atoms with Crippen LogP contribution in [0.5, 0.6) is 0 Å². The van der Waals surface area contributed by atoms with Crippen molar-refractivity contribution in [3.05, 3.63) is 10.6 Å². The minimum absolute atomic E-state index is 0.403. The molecule has 2 N–H and O–H groups in total. The number of ether oxygens (including phenoxy) is 1. The van der Waals surface area contributed by atoms with E-state index in [0.717, 1.165) is 41.9 Å². The topological polar surface area (TPSA) is 54.6 Å². The van der Waals surface area contributed by atoms with Crippen molar-refractivity contribution in [2.45, 2.75) is 6.61 Å². The van der Waals surface area contributed by atoms with Gasteiger partial charge >= 0.3 is 0 Å². The van der Waals surface area contributed by atoms with Gasteiger partial charge in [0.15, 0.2) is 5.13 Å². The zero-order valence-electron chi connectivity index (χ0n) is 10.7. The van der Waals surface area contributed by atoms with Gasteiger partial charge in [-0.1, -0.05) is 23.6 Å². The number of methoxy groups -OCH3 is 1. The fraction of sp³-hybridized carbons (Fsp3) is 0.636. The van der Waals surface area contributed by atoms with E-state index >= 15 is 0 Å². The summed E-state index contributed by atoms with van der Waals surface area (Å²) in [4.78, 5) is 10.5. The predicted molar refractivity (Wildman–Crippen MR) is 78.4 cm³/mol. The number of hydrogen-bond acceptors (Lipinski definition) is 6. The molecule has 100 valence electrons. The van der Waals surface area contributed by atoms with Crippen LogP contribution < -0.4 is 10.6 Å². The van der Waals surface area contributed by atoms with Crippen molar-refractivity contribution in [2.75, 3.05) is 45.2 Å². The van der Waals surface area contributed by atoms with Crippen molar-refractivity contribution in [3.63, 3.8) is 0 Å². The summed E-state index contributed by atoms with van der Waals surface area (Å²) in [6, 6.07) is 0. The molecule has 0 atom stereocenters. The molecule has 5 nitrogen and oxygen atoms in total. The molecule has 2 heterocycles. The number of nitrogens with zero attached hydrogens (tertiary/aromatic N) is 3. The molecule has 0 unspecified atom stereocenters. The van der Waals surface area contributed by atoms with Gasteiger partial charge in [-0.25, -0.2) is 4.98 Å². The monoisotopic (exact) mass is 286 g/mol. The Balaban J connectivity index is 2.18. The van der Waals surface area contributed by atoms with Crippen molar-refractivity contribution >= 4 is 33.7 Å². The number of anilines is 1. The Bertz CT molecular complexity index is 427. The molecular formula is C11H18N4OS2. The lowest BCUT2D eigenvalue weighted by molar-refractivity contribution is 0.182. The van der Waals surface area contributed by atoms with Crippen molar-refractivity contribution in [1.82, 2.24) is 9.88 Å². The van der Waals surface area contributed by atoms with Gasteiger partial charge in [-0.2, -0.15) is 0 Å². The van der Waals surface area contributed by atoms with Crippen LogP contribution in [-0.2, 0) is 11.3 Å². The van der Waals surface area contributed by atoms with Gasteiger partial charge in [0, 0.05) is 33.3 Å². The summed E-state index contributed by atoms with van der Waals surface area (Å²) in [5.74, 6) is 0. The molecule has 0 saturated carbocycles. The standard InChI is InChI=1S/C11H18N4OS2/c1-14-3-5-15(6-4-14)11-13-8(7-16-2)9(18-11)10(12)17/h3-7H2,1-2H3,(H2,12,17). The number of hydrogen-bond donors (Lipinski definition) is 1. The maximum Gasteiger partial charge on any atom is 0.186 e. The first-order valence-corrected chi connectivity index (χ1v) is 7.06. The molecule has 1 aromatic rings. The minimum Gasteiger partial charge on any atom is -0.389 e. The Morgan fingerprint density at radius 3 is 2.67 bits per heavy atom. The van der Waals surface area contributed by atoms with Crippen molar-refractivity contribution in [1.29, 1.82) is 0 Å². The molecule has 0 aromatic carbocycles. The quantitative estimate of drug-likeness (QED) is 0.821. The molecule has 7 heteroatoms. The molecule has 1 saturated heterocycles. The average molecular weight is 286 g/mol. The van der Waals surface area contributed by atoms with Crippen molar-refractivity contribution < 1.29 is 4.74 Å². The highest BCUT2D eigenvalue weighted by molar-refractivity contribution is 7.81. The van der Waals surface area contributed by atoms with Crippen LogP contribution in [0.3, 0.4) is 0 Å². The van der Waals surface area contributed by atoms with E-state index in [1.54, 1.807) is 18.4 Å². The number of likely N-dealkylation sites (N-methyl/N-ethyl adjacent to an activating group) is 1. The average Bonchev–Trinajstić information content (AvgIpc) is 2.75. The number of aromatic nitrogens is 1. The molecule has 18 heavy (non-hydrogen) atoms. The summed E-state index contributed by atoms with van der Waals surface area (Å²) in [6.45, 7) is 4.56. The summed E-state index contributed by atoms with van der Waals surface area (Å²) >= 11 is 6.63. The van der Waals surface area contributed by atoms with Gasteiger partial charge in [-0.3, -0.25) is 0 Å². The smallest absolute Gasteiger partial charge is 0.186 e. The van der Waals surface area contributed by atoms with E-state index in [1.165, 1.54) is 0 Å². The summed E-state index contributed by atoms with van der Waals surface area (Å²) in [7, 11) is 3.79. The number of rotatable bonds is 4. The third kappa shape index (κ3) is 2.97. The molecule has 1 aromatic heterocycles. The third-order valence-electron chi connectivity index (χ3n) is 2.96. The molecule has 2 rings (SSSR count). The molecule has 0 amide bonds. The summed E-state index contributed by atoms with van der Waals surface area (Å²) in [5.41, 5.74) is 6.58. The zero-order chi connectivity index (χ0) is 13.1. The Hall–Kier alpha value is -0.760. The molecule has 0 spiro atoms. The van der Waals surface area contributed by atoms with Gasteiger partial charge in [-0.05, 0) is 7.05 Å². The number of nitrogens with two attached hydrogens (primary N) is 1. The maximum absolute atomic E-state index is 5.73. The summed E-state index contributed by atoms with van der Waals surface area (Å²) in [5, 5.41) is 0.998. The highest BCUT2D eigenvalue weighted by Crippen LogP contribution is 2.27. The predicted octanol–water partition coefficient (Wildman–Crippen LogP) is 0.676. The Morgan fingerprint density at radius 2 is 2.11 bits per heavy atom. The first-order chi connectivity index (χ1) is 8.61. The van der Waals surface area contributed by atoms with Crippen LogP contribution in [0.2, 0.25) is 0 Å². The fourth-order valence-corrected chi connectivity index (χ4v) is 3.12. The first kappa shape index (κ1) is 13.7. The SMILES string of the molecule is COCc1nc(N2CCN(C)CC2)sc1C(N)=S. The molecule has 1 aliphatic heterocycles. The van der Waals surface area contributed by atoms with E-state index in [9.17, 15) is 0 Å². The number of piperazine rings is 1. The van der Waals surface area contributed by atoms with Gasteiger partial charge in [-0.15, -0.1) is 0 Å². The molecule has 1 fully saturated rings. The van der Waals surface area contributed by atoms with Crippen LogP contribution in [0.25, 0.3) is 0 Å². The minimum atomic E-state index is 0.403. The Labute approximate surface area is 117 Å². The highest BCUT2D eigenvalue weighted by atomic mass is 32.1. The highest BCUT2D eigenvalue weighted by Gasteiger charge is 2.20. The van der Waals surface area contributed by atoms with E-state index < -0.39 is 0 Å². The van der Waals surface area contributed by atoms with Crippen LogP contribution in [0.4, 0.5) is 5.13 Å². The lowest BCUT2D eigenvalue weighted by Crippen LogP contribution is -2.44. The number of thiazole rings is 1. The zero-order valence-corrected chi connectivity index (χ0v) is 12.3.